The SMILES string of the molecule is CC(=O)N(C)CC(=O)N1CCC(C(=O)O)(C(C)C)C1. The van der Waals surface area contributed by atoms with Crippen LogP contribution in [0.25, 0.3) is 0 Å². The Labute approximate surface area is 113 Å². The van der Waals surface area contributed by atoms with Gasteiger partial charge < -0.3 is 14.9 Å². The van der Waals surface area contributed by atoms with Gasteiger partial charge in [0.05, 0.1) is 12.0 Å². The summed E-state index contributed by atoms with van der Waals surface area (Å²) < 4.78 is 0. The van der Waals surface area contributed by atoms with Gasteiger partial charge in [0, 0.05) is 27.1 Å². The van der Waals surface area contributed by atoms with Crippen LogP contribution in [0.5, 0.6) is 0 Å². The first-order valence-electron chi connectivity index (χ1n) is 6.43. The number of hydrogen-bond donors (Lipinski definition) is 1. The van der Waals surface area contributed by atoms with Crippen molar-refractivity contribution in [3.05, 3.63) is 0 Å². The number of likely N-dealkylation sites (tertiary alicyclic amines) is 1. The summed E-state index contributed by atoms with van der Waals surface area (Å²) in [5, 5.41) is 9.40. The van der Waals surface area contributed by atoms with E-state index < -0.39 is 11.4 Å². The molecule has 6 heteroatoms. The Balaban J connectivity index is 2.72. The second-order valence-electron chi connectivity index (χ2n) is 5.56. The number of carbonyl (C=O) groups excluding carboxylic acids is 2. The van der Waals surface area contributed by atoms with Crippen molar-refractivity contribution in [2.75, 3.05) is 26.7 Å². The van der Waals surface area contributed by atoms with E-state index >= 15 is 0 Å². The van der Waals surface area contributed by atoms with Gasteiger partial charge in [-0.3, -0.25) is 14.4 Å². The van der Waals surface area contributed by atoms with Crippen molar-refractivity contribution in [1.29, 1.82) is 0 Å². The number of amides is 2. The number of aliphatic carboxylic acids is 1. The highest BCUT2D eigenvalue weighted by Crippen LogP contribution is 2.38. The second-order valence-corrected chi connectivity index (χ2v) is 5.56. The number of carbonyl (C=O) groups is 3. The van der Waals surface area contributed by atoms with Gasteiger partial charge in [-0.15, -0.1) is 0 Å². The maximum atomic E-state index is 12.0. The first-order chi connectivity index (χ1) is 8.70. The first kappa shape index (κ1) is 15.5. The zero-order chi connectivity index (χ0) is 14.8. The topological polar surface area (TPSA) is 77.9 Å². The molecule has 108 valence electrons. The molecule has 1 heterocycles. The van der Waals surface area contributed by atoms with Crippen molar-refractivity contribution in [1.82, 2.24) is 9.80 Å². The van der Waals surface area contributed by atoms with Crippen molar-refractivity contribution >= 4 is 17.8 Å². The molecule has 0 aromatic heterocycles. The molecule has 1 unspecified atom stereocenters. The van der Waals surface area contributed by atoms with Gasteiger partial charge in [-0.05, 0) is 12.3 Å². The minimum atomic E-state index is -0.857. The smallest absolute Gasteiger partial charge is 0.311 e. The third-order valence-electron chi connectivity index (χ3n) is 4.09. The molecular formula is C13H22N2O4. The molecule has 1 N–H and O–H groups in total. The molecule has 0 spiro atoms. The molecular weight excluding hydrogens is 248 g/mol. The summed E-state index contributed by atoms with van der Waals surface area (Å²) in [6.45, 7) is 5.79. The summed E-state index contributed by atoms with van der Waals surface area (Å²) in [6, 6.07) is 0. The Bertz CT molecular complexity index is 394. The summed E-state index contributed by atoms with van der Waals surface area (Å²) in [5.74, 6) is -1.26. The van der Waals surface area contributed by atoms with E-state index in [1.165, 1.54) is 11.8 Å². The number of rotatable bonds is 4. The average Bonchev–Trinajstić information content (AvgIpc) is 2.74. The van der Waals surface area contributed by atoms with E-state index in [0.29, 0.717) is 13.0 Å². The number of carboxylic acids is 1. The minimum Gasteiger partial charge on any atom is -0.481 e. The summed E-state index contributed by atoms with van der Waals surface area (Å²) in [7, 11) is 1.56. The van der Waals surface area contributed by atoms with Crippen molar-refractivity contribution in [2.24, 2.45) is 11.3 Å². The number of carboxylic acid groups (broad SMARTS) is 1. The van der Waals surface area contributed by atoms with E-state index in [1.54, 1.807) is 11.9 Å². The lowest BCUT2D eigenvalue weighted by Gasteiger charge is -2.29. The summed E-state index contributed by atoms with van der Waals surface area (Å²) >= 11 is 0. The molecule has 2 amide bonds. The maximum absolute atomic E-state index is 12.0. The third-order valence-corrected chi connectivity index (χ3v) is 4.09. The van der Waals surface area contributed by atoms with Crippen molar-refractivity contribution in [3.63, 3.8) is 0 Å². The third kappa shape index (κ3) is 3.05. The zero-order valence-electron chi connectivity index (χ0n) is 12.0. The number of hydrogen-bond acceptors (Lipinski definition) is 3. The fraction of sp³-hybridized carbons (Fsp3) is 0.769. The van der Waals surface area contributed by atoms with E-state index in [2.05, 4.69) is 0 Å². The first-order valence-corrected chi connectivity index (χ1v) is 6.43. The van der Waals surface area contributed by atoms with Crippen molar-refractivity contribution < 1.29 is 19.5 Å². The second kappa shape index (κ2) is 5.59. The van der Waals surface area contributed by atoms with Crippen LogP contribution < -0.4 is 0 Å². The van der Waals surface area contributed by atoms with Gasteiger partial charge in [-0.1, -0.05) is 13.8 Å². The summed E-state index contributed by atoms with van der Waals surface area (Å²) in [5.41, 5.74) is -0.857. The Morgan fingerprint density at radius 2 is 1.95 bits per heavy atom. The van der Waals surface area contributed by atoms with Crippen LogP contribution in [0, 0.1) is 11.3 Å². The van der Waals surface area contributed by atoms with E-state index in [4.69, 9.17) is 0 Å². The molecule has 1 aliphatic heterocycles. The molecule has 0 aromatic rings. The van der Waals surface area contributed by atoms with E-state index in [9.17, 15) is 19.5 Å². The standard InChI is InChI=1S/C13H22N2O4/c1-9(2)13(12(18)19)5-6-15(8-13)11(17)7-14(4)10(3)16/h9H,5-8H2,1-4H3,(H,18,19). The van der Waals surface area contributed by atoms with Gasteiger partial charge in [0.25, 0.3) is 0 Å². The Kier molecular flexibility index (Phi) is 4.55. The predicted molar refractivity (Wildman–Crippen MR) is 69.4 cm³/mol. The average molecular weight is 270 g/mol. The van der Waals surface area contributed by atoms with Crippen molar-refractivity contribution in [2.45, 2.75) is 27.2 Å². The predicted octanol–water partition coefficient (Wildman–Crippen LogP) is 0.424. The summed E-state index contributed by atoms with van der Waals surface area (Å²) in [4.78, 5) is 37.5. The van der Waals surface area contributed by atoms with Crippen LogP contribution >= 0.6 is 0 Å². The minimum absolute atomic E-state index is 0.00310. The molecule has 1 aliphatic rings. The monoisotopic (exact) mass is 270 g/mol. The van der Waals surface area contributed by atoms with Crippen LogP contribution in [0.2, 0.25) is 0 Å². The van der Waals surface area contributed by atoms with E-state index in [0.717, 1.165) is 0 Å². The molecule has 1 saturated heterocycles. The van der Waals surface area contributed by atoms with Gasteiger partial charge in [-0.2, -0.15) is 0 Å². The molecule has 1 rings (SSSR count). The summed E-state index contributed by atoms with van der Waals surface area (Å²) in [6.07, 6.45) is 0.468. The lowest BCUT2D eigenvalue weighted by molar-refractivity contribution is -0.151. The van der Waals surface area contributed by atoms with Crippen LogP contribution in [0.15, 0.2) is 0 Å². The van der Waals surface area contributed by atoms with E-state index in [1.807, 2.05) is 13.8 Å². The molecule has 6 nitrogen and oxygen atoms in total. The highest BCUT2D eigenvalue weighted by Gasteiger charge is 2.48. The molecule has 1 atom stereocenters. The lowest BCUT2D eigenvalue weighted by Crippen LogP contribution is -2.43. The Hall–Kier alpha value is -1.59. The van der Waals surface area contributed by atoms with Crippen LogP contribution in [-0.2, 0) is 14.4 Å². The van der Waals surface area contributed by atoms with Crippen LogP contribution in [0.3, 0.4) is 0 Å². The van der Waals surface area contributed by atoms with Gasteiger partial charge >= 0.3 is 5.97 Å². The maximum Gasteiger partial charge on any atom is 0.311 e. The Morgan fingerprint density at radius 3 is 2.32 bits per heavy atom. The Morgan fingerprint density at radius 1 is 1.37 bits per heavy atom. The molecule has 0 bridgehead atoms. The zero-order valence-corrected chi connectivity index (χ0v) is 12.0. The molecule has 0 radical (unpaired) electrons. The normalized spacial score (nSPS) is 22.7. The van der Waals surface area contributed by atoms with Crippen LogP contribution in [-0.4, -0.2) is 59.4 Å². The van der Waals surface area contributed by atoms with Crippen LogP contribution in [0.1, 0.15) is 27.2 Å². The van der Waals surface area contributed by atoms with Gasteiger partial charge in [-0.25, -0.2) is 0 Å². The van der Waals surface area contributed by atoms with Gasteiger partial charge in [0.15, 0.2) is 0 Å². The largest absolute Gasteiger partial charge is 0.481 e. The van der Waals surface area contributed by atoms with Gasteiger partial charge in [0.2, 0.25) is 11.8 Å². The van der Waals surface area contributed by atoms with Crippen LogP contribution in [0.4, 0.5) is 0 Å². The number of likely N-dealkylation sites (N-methyl/N-ethyl adjacent to an activating group) is 1. The molecule has 1 fully saturated rings. The lowest BCUT2D eigenvalue weighted by atomic mass is 9.76. The van der Waals surface area contributed by atoms with E-state index in [-0.39, 0.29) is 30.8 Å². The molecule has 0 saturated carbocycles. The molecule has 19 heavy (non-hydrogen) atoms. The molecule has 0 aromatic carbocycles. The highest BCUT2D eigenvalue weighted by molar-refractivity contribution is 5.85. The highest BCUT2D eigenvalue weighted by atomic mass is 16.4. The fourth-order valence-electron chi connectivity index (χ4n) is 2.35. The quantitative estimate of drug-likeness (QED) is 0.803. The fourth-order valence-corrected chi connectivity index (χ4v) is 2.35. The molecule has 0 aliphatic carbocycles. The van der Waals surface area contributed by atoms with Gasteiger partial charge in [0.1, 0.15) is 0 Å². The number of nitrogens with zero attached hydrogens (tertiary/aromatic N) is 2. The van der Waals surface area contributed by atoms with Crippen molar-refractivity contribution in [3.8, 4) is 0 Å².